The second-order valence-electron chi connectivity index (χ2n) is 4.24. The van der Waals surface area contributed by atoms with Gasteiger partial charge in [-0.3, -0.25) is 0 Å². The number of rotatable bonds is 2. The maximum absolute atomic E-state index is 5.73. The van der Waals surface area contributed by atoms with Gasteiger partial charge in [-0.2, -0.15) is 0 Å². The molecule has 80 valence electrons. The minimum atomic E-state index is -0.298. The Morgan fingerprint density at radius 2 is 2.00 bits per heavy atom. The second kappa shape index (κ2) is 3.28. The summed E-state index contributed by atoms with van der Waals surface area (Å²) in [5, 5.41) is 1.12. The van der Waals surface area contributed by atoms with Crippen molar-refractivity contribution in [3.05, 3.63) is 30.0 Å². The highest BCUT2D eigenvalue weighted by Gasteiger charge is 2.21. The van der Waals surface area contributed by atoms with E-state index in [1.165, 1.54) is 0 Å². The van der Waals surface area contributed by atoms with E-state index in [2.05, 4.69) is 11.1 Å². The van der Waals surface area contributed by atoms with Crippen LogP contribution in [0.5, 0.6) is 0 Å². The van der Waals surface area contributed by atoms with Gasteiger partial charge in [-0.05, 0) is 38.1 Å². The summed E-state index contributed by atoms with van der Waals surface area (Å²) in [7, 11) is 1.71. The average Bonchev–Trinajstić information content (AvgIpc) is 2.61. The fourth-order valence-electron chi connectivity index (χ4n) is 1.59. The second-order valence-corrected chi connectivity index (χ2v) is 4.24. The molecule has 1 aromatic carbocycles. The van der Waals surface area contributed by atoms with E-state index in [1.807, 2.05) is 32.0 Å². The Balaban J connectivity index is 2.56. The molecule has 0 amide bonds. The number of hydrogen-bond donors (Lipinski definition) is 2. The lowest BCUT2D eigenvalue weighted by atomic mass is 10.1. The molecule has 2 aromatic rings. The van der Waals surface area contributed by atoms with Gasteiger partial charge in [0.2, 0.25) is 0 Å². The van der Waals surface area contributed by atoms with Crippen LogP contribution < -0.4 is 5.73 Å². The molecule has 0 bridgehead atoms. The first-order valence-corrected chi connectivity index (χ1v) is 4.97. The number of H-pyrrole nitrogens is 1. The quantitative estimate of drug-likeness (QED) is 0.739. The van der Waals surface area contributed by atoms with E-state index in [9.17, 15) is 0 Å². The van der Waals surface area contributed by atoms with Crippen molar-refractivity contribution in [2.24, 2.45) is 0 Å². The maximum Gasteiger partial charge on any atom is 0.102 e. The molecule has 0 aliphatic rings. The zero-order valence-electron chi connectivity index (χ0n) is 9.29. The number of nitrogens with two attached hydrogens (primary N) is 1. The third-order valence-electron chi connectivity index (χ3n) is 2.80. The molecule has 2 rings (SSSR count). The van der Waals surface area contributed by atoms with Crippen LogP contribution >= 0.6 is 0 Å². The summed E-state index contributed by atoms with van der Waals surface area (Å²) < 4.78 is 5.42. The third kappa shape index (κ3) is 1.70. The van der Waals surface area contributed by atoms with E-state index < -0.39 is 0 Å². The Bertz CT molecular complexity index is 485. The Labute approximate surface area is 89.2 Å². The third-order valence-corrected chi connectivity index (χ3v) is 2.80. The predicted molar refractivity (Wildman–Crippen MR) is 62.7 cm³/mol. The van der Waals surface area contributed by atoms with Crippen molar-refractivity contribution in [2.75, 3.05) is 12.8 Å². The number of fused-ring (bicyclic) bond motifs is 1. The zero-order valence-corrected chi connectivity index (χ0v) is 9.29. The van der Waals surface area contributed by atoms with Gasteiger partial charge in [0.05, 0.1) is 0 Å². The van der Waals surface area contributed by atoms with E-state index in [-0.39, 0.29) is 5.60 Å². The summed E-state index contributed by atoms with van der Waals surface area (Å²) in [6.07, 6.45) is 0. The van der Waals surface area contributed by atoms with E-state index in [0.29, 0.717) is 0 Å². The summed E-state index contributed by atoms with van der Waals surface area (Å²) in [6, 6.07) is 7.92. The number of methoxy groups -OCH3 is 1. The highest BCUT2D eigenvalue weighted by Crippen LogP contribution is 2.27. The van der Waals surface area contributed by atoms with Gasteiger partial charge in [0, 0.05) is 29.4 Å². The normalized spacial score (nSPS) is 12.2. The van der Waals surface area contributed by atoms with Gasteiger partial charge in [0.25, 0.3) is 0 Å². The fraction of sp³-hybridized carbons (Fsp3) is 0.333. The van der Waals surface area contributed by atoms with Crippen molar-refractivity contribution in [3.8, 4) is 0 Å². The van der Waals surface area contributed by atoms with Crippen LogP contribution in [0.2, 0.25) is 0 Å². The molecule has 3 heteroatoms. The lowest BCUT2D eigenvalue weighted by Crippen LogP contribution is -2.19. The lowest BCUT2D eigenvalue weighted by Gasteiger charge is -2.21. The minimum absolute atomic E-state index is 0.298. The van der Waals surface area contributed by atoms with Crippen molar-refractivity contribution in [1.29, 1.82) is 0 Å². The van der Waals surface area contributed by atoms with Crippen LogP contribution in [0.25, 0.3) is 10.9 Å². The van der Waals surface area contributed by atoms with Gasteiger partial charge in [-0.25, -0.2) is 0 Å². The summed E-state index contributed by atoms with van der Waals surface area (Å²) in [4.78, 5) is 3.33. The number of benzene rings is 1. The SMILES string of the molecule is COC(C)(C)c1cc2cc(N)ccc2[nH]1. The zero-order chi connectivity index (χ0) is 11.1. The molecule has 0 fully saturated rings. The molecular formula is C12H16N2O. The average molecular weight is 204 g/mol. The van der Waals surface area contributed by atoms with Gasteiger partial charge in [0.15, 0.2) is 0 Å². The van der Waals surface area contributed by atoms with Gasteiger partial charge in [0.1, 0.15) is 5.60 Å². The first-order chi connectivity index (χ1) is 7.03. The van der Waals surface area contributed by atoms with Crippen LogP contribution in [0, 0.1) is 0 Å². The van der Waals surface area contributed by atoms with Crippen molar-refractivity contribution in [3.63, 3.8) is 0 Å². The fourth-order valence-corrected chi connectivity index (χ4v) is 1.59. The monoisotopic (exact) mass is 204 g/mol. The Morgan fingerprint density at radius 1 is 1.27 bits per heavy atom. The molecule has 15 heavy (non-hydrogen) atoms. The van der Waals surface area contributed by atoms with E-state index >= 15 is 0 Å². The van der Waals surface area contributed by atoms with Gasteiger partial charge >= 0.3 is 0 Å². The van der Waals surface area contributed by atoms with E-state index in [0.717, 1.165) is 22.3 Å². The molecule has 0 unspecified atom stereocenters. The molecule has 1 aromatic heterocycles. The molecule has 0 saturated heterocycles. The van der Waals surface area contributed by atoms with Gasteiger partial charge in [-0.1, -0.05) is 0 Å². The molecule has 0 radical (unpaired) electrons. The molecule has 0 atom stereocenters. The van der Waals surface area contributed by atoms with Gasteiger partial charge < -0.3 is 15.5 Å². The summed E-state index contributed by atoms with van der Waals surface area (Å²) in [6.45, 7) is 4.06. The largest absolute Gasteiger partial charge is 0.399 e. The molecule has 0 saturated carbocycles. The molecule has 3 N–H and O–H groups in total. The number of nitrogens with one attached hydrogen (secondary N) is 1. The standard InChI is InChI=1S/C12H16N2O/c1-12(2,15-3)11-7-8-6-9(13)4-5-10(8)14-11/h4-7,14H,13H2,1-3H3. The van der Waals surface area contributed by atoms with E-state index in [4.69, 9.17) is 10.5 Å². The van der Waals surface area contributed by atoms with Crippen molar-refractivity contribution >= 4 is 16.6 Å². The summed E-state index contributed by atoms with van der Waals surface area (Å²) in [5.74, 6) is 0. The number of anilines is 1. The Kier molecular flexibility index (Phi) is 2.20. The van der Waals surface area contributed by atoms with Crippen LogP contribution in [0.1, 0.15) is 19.5 Å². The number of ether oxygens (including phenoxy) is 1. The topological polar surface area (TPSA) is 51.0 Å². The highest BCUT2D eigenvalue weighted by molar-refractivity contribution is 5.83. The number of hydrogen-bond acceptors (Lipinski definition) is 2. The predicted octanol–water partition coefficient (Wildman–Crippen LogP) is 2.63. The summed E-state index contributed by atoms with van der Waals surface area (Å²) >= 11 is 0. The Hall–Kier alpha value is -1.48. The van der Waals surface area contributed by atoms with Crippen LogP contribution in [0.15, 0.2) is 24.3 Å². The summed E-state index contributed by atoms with van der Waals surface area (Å²) in [5.41, 5.74) is 8.36. The van der Waals surface area contributed by atoms with Crippen molar-refractivity contribution < 1.29 is 4.74 Å². The smallest absolute Gasteiger partial charge is 0.102 e. The number of nitrogen functional groups attached to an aromatic ring is 1. The molecular weight excluding hydrogens is 188 g/mol. The van der Waals surface area contributed by atoms with Crippen LogP contribution in [0.3, 0.4) is 0 Å². The molecule has 0 aliphatic carbocycles. The molecule has 1 heterocycles. The van der Waals surface area contributed by atoms with Gasteiger partial charge in [-0.15, -0.1) is 0 Å². The number of aromatic amines is 1. The van der Waals surface area contributed by atoms with Crippen molar-refractivity contribution in [2.45, 2.75) is 19.4 Å². The highest BCUT2D eigenvalue weighted by atomic mass is 16.5. The van der Waals surface area contributed by atoms with Crippen LogP contribution in [0.4, 0.5) is 5.69 Å². The van der Waals surface area contributed by atoms with E-state index in [1.54, 1.807) is 7.11 Å². The molecule has 0 aliphatic heterocycles. The first-order valence-electron chi connectivity index (χ1n) is 4.97. The lowest BCUT2D eigenvalue weighted by molar-refractivity contribution is 0.0161. The molecule has 3 nitrogen and oxygen atoms in total. The number of aromatic nitrogens is 1. The van der Waals surface area contributed by atoms with Crippen LogP contribution in [-0.2, 0) is 10.3 Å². The van der Waals surface area contributed by atoms with Crippen LogP contribution in [-0.4, -0.2) is 12.1 Å². The minimum Gasteiger partial charge on any atom is -0.399 e. The first kappa shape index (κ1) is 10.1. The van der Waals surface area contributed by atoms with Crippen molar-refractivity contribution in [1.82, 2.24) is 4.98 Å². The Morgan fingerprint density at radius 3 is 2.67 bits per heavy atom. The maximum atomic E-state index is 5.73. The molecule has 0 spiro atoms.